The van der Waals surface area contributed by atoms with Gasteiger partial charge in [0, 0.05) is 51.1 Å². The van der Waals surface area contributed by atoms with E-state index in [9.17, 15) is 9.59 Å². The van der Waals surface area contributed by atoms with Crippen LogP contribution in [0.15, 0.2) is 60.8 Å². The van der Waals surface area contributed by atoms with Crippen molar-refractivity contribution in [3.8, 4) is 0 Å². The maximum atomic E-state index is 9.55. The molecule has 1 aliphatic heterocycles. The molecule has 0 atom stereocenters. The first-order valence-electron chi connectivity index (χ1n) is 11.4. The van der Waals surface area contributed by atoms with Crippen molar-refractivity contribution >= 4 is 23.1 Å². The maximum Gasteiger partial charge on any atom is 0.328 e. The van der Waals surface area contributed by atoms with Crippen LogP contribution in [0.25, 0.3) is 11.2 Å². The van der Waals surface area contributed by atoms with Crippen LogP contribution >= 0.6 is 0 Å². The first-order valence-corrected chi connectivity index (χ1v) is 11.4. The summed E-state index contributed by atoms with van der Waals surface area (Å²) in [6.07, 6.45) is 2.95. The van der Waals surface area contributed by atoms with E-state index in [1.165, 1.54) is 5.56 Å². The van der Waals surface area contributed by atoms with Crippen molar-refractivity contribution < 1.29 is 24.5 Å². The fourth-order valence-electron chi connectivity index (χ4n) is 3.63. The molecule has 0 bridgehead atoms. The van der Waals surface area contributed by atoms with Gasteiger partial charge in [0.25, 0.3) is 0 Å². The van der Waals surface area contributed by atoms with Crippen LogP contribution in [-0.2, 0) is 34.0 Å². The summed E-state index contributed by atoms with van der Waals surface area (Å²) >= 11 is 0. The molecular formula is C25H31N5O5. The Labute approximate surface area is 204 Å². The number of aromatic nitrogens is 3. The molecule has 4 rings (SSSR count). The number of ether oxygens (including phenoxy) is 1. The lowest BCUT2D eigenvalue weighted by Gasteiger charge is -2.32. The van der Waals surface area contributed by atoms with Gasteiger partial charge in [0.15, 0.2) is 5.65 Å². The average Bonchev–Trinajstić information content (AvgIpc) is 3.20. The van der Waals surface area contributed by atoms with E-state index in [1.807, 2.05) is 36.5 Å². The molecule has 186 valence electrons. The summed E-state index contributed by atoms with van der Waals surface area (Å²) in [4.78, 5) is 33.4. The van der Waals surface area contributed by atoms with Gasteiger partial charge >= 0.3 is 11.9 Å². The van der Waals surface area contributed by atoms with Crippen LogP contribution in [0, 0.1) is 0 Å². The summed E-state index contributed by atoms with van der Waals surface area (Å²) in [7, 11) is 2.18. The predicted molar refractivity (Wildman–Crippen MR) is 131 cm³/mol. The van der Waals surface area contributed by atoms with Crippen molar-refractivity contribution in [2.24, 2.45) is 0 Å². The second kappa shape index (κ2) is 13.3. The summed E-state index contributed by atoms with van der Waals surface area (Å²) < 4.78 is 8.13. The number of carboxylic acids is 2. The van der Waals surface area contributed by atoms with Crippen LogP contribution in [0.4, 0.5) is 0 Å². The van der Waals surface area contributed by atoms with E-state index >= 15 is 0 Å². The molecule has 2 N–H and O–H groups in total. The number of carboxylic acid groups (broad SMARTS) is 2. The third-order valence-corrected chi connectivity index (χ3v) is 5.48. The number of rotatable bonds is 9. The van der Waals surface area contributed by atoms with Crippen molar-refractivity contribution in [2.75, 3.05) is 39.8 Å². The molecule has 1 aromatic carbocycles. The van der Waals surface area contributed by atoms with Crippen LogP contribution in [0.3, 0.4) is 0 Å². The Balaban J connectivity index is 0.000000371. The van der Waals surface area contributed by atoms with Gasteiger partial charge in [-0.05, 0) is 24.7 Å². The highest BCUT2D eigenvalue weighted by Gasteiger charge is 2.18. The summed E-state index contributed by atoms with van der Waals surface area (Å²) in [6, 6.07) is 14.3. The van der Waals surface area contributed by atoms with Crippen molar-refractivity contribution in [1.82, 2.24) is 24.3 Å². The Bertz CT molecular complexity index is 1110. The summed E-state index contributed by atoms with van der Waals surface area (Å²) in [5.41, 5.74) is 3.11. The minimum atomic E-state index is -1.26. The number of pyridine rings is 1. The summed E-state index contributed by atoms with van der Waals surface area (Å²) in [5, 5.41) is 15.6. The van der Waals surface area contributed by atoms with Crippen LogP contribution in [-0.4, -0.2) is 86.3 Å². The van der Waals surface area contributed by atoms with Crippen LogP contribution in [0.2, 0.25) is 0 Å². The second-order valence-corrected chi connectivity index (χ2v) is 8.15. The molecule has 10 nitrogen and oxygen atoms in total. The number of nitrogens with zero attached hydrogens (tertiary/aromatic N) is 5. The quantitative estimate of drug-likeness (QED) is 0.350. The van der Waals surface area contributed by atoms with Gasteiger partial charge in [-0.25, -0.2) is 19.6 Å². The van der Waals surface area contributed by atoms with Crippen LogP contribution in [0.1, 0.15) is 11.4 Å². The first-order chi connectivity index (χ1) is 16.9. The summed E-state index contributed by atoms with van der Waals surface area (Å²) in [5.74, 6) is -1.43. The fraction of sp³-hybridized carbons (Fsp3) is 0.360. The number of hydrogen-bond acceptors (Lipinski definition) is 7. The van der Waals surface area contributed by atoms with E-state index in [-0.39, 0.29) is 0 Å². The molecule has 0 spiro atoms. The number of hydrogen-bond donors (Lipinski definition) is 2. The zero-order valence-electron chi connectivity index (χ0n) is 19.8. The van der Waals surface area contributed by atoms with Crippen molar-refractivity contribution in [3.05, 3.63) is 72.2 Å². The smallest absolute Gasteiger partial charge is 0.328 e. The number of carbonyl (C=O) groups is 2. The van der Waals surface area contributed by atoms with E-state index in [4.69, 9.17) is 19.9 Å². The number of benzene rings is 1. The minimum Gasteiger partial charge on any atom is -0.478 e. The number of aliphatic carboxylic acids is 2. The van der Waals surface area contributed by atoms with Crippen molar-refractivity contribution in [1.29, 1.82) is 0 Å². The molecule has 3 aromatic rings. The van der Waals surface area contributed by atoms with E-state index < -0.39 is 11.9 Å². The largest absolute Gasteiger partial charge is 0.478 e. The average molecular weight is 482 g/mol. The highest BCUT2D eigenvalue weighted by Crippen LogP contribution is 2.16. The lowest BCUT2D eigenvalue weighted by molar-refractivity contribution is -0.134. The molecule has 0 amide bonds. The highest BCUT2D eigenvalue weighted by molar-refractivity contribution is 5.89. The molecule has 3 heterocycles. The number of likely N-dealkylation sites (N-methyl/N-ethyl adjacent to an activating group) is 1. The molecular weight excluding hydrogens is 450 g/mol. The molecule has 0 unspecified atom stereocenters. The Morgan fingerprint density at radius 1 is 1.00 bits per heavy atom. The van der Waals surface area contributed by atoms with E-state index in [0.717, 1.165) is 56.3 Å². The van der Waals surface area contributed by atoms with E-state index in [0.29, 0.717) is 25.4 Å². The van der Waals surface area contributed by atoms with E-state index in [2.05, 4.69) is 38.5 Å². The minimum absolute atomic E-state index is 0.558. The van der Waals surface area contributed by atoms with Gasteiger partial charge in [0.2, 0.25) is 0 Å². The zero-order valence-corrected chi connectivity index (χ0v) is 19.8. The topological polar surface area (TPSA) is 121 Å². The normalized spacial score (nSPS) is 14.7. The maximum absolute atomic E-state index is 9.55. The summed E-state index contributed by atoms with van der Waals surface area (Å²) in [6.45, 7) is 7.29. The Morgan fingerprint density at radius 2 is 1.69 bits per heavy atom. The monoisotopic (exact) mass is 481 g/mol. The van der Waals surface area contributed by atoms with Gasteiger partial charge < -0.3 is 24.4 Å². The fourth-order valence-corrected chi connectivity index (χ4v) is 3.63. The molecule has 10 heteroatoms. The van der Waals surface area contributed by atoms with Crippen LogP contribution < -0.4 is 0 Å². The van der Waals surface area contributed by atoms with Gasteiger partial charge in [0.05, 0.1) is 19.8 Å². The molecule has 2 aromatic heterocycles. The lowest BCUT2D eigenvalue weighted by atomic mass is 10.2. The Kier molecular flexibility index (Phi) is 9.91. The molecule has 1 fully saturated rings. The third-order valence-electron chi connectivity index (χ3n) is 5.48. The molecule has 0 aliphatic carbocycles. The van der Waals surface area contributed by atoms with Gasteiger partial charge in [0.1, 0.15) is 11.3 Å². The molecule has 0 radical (unpaired) electrons. The third kappa shape index (κ3) is 8.60. The SMILES string of the molecule is CN1CCN(Cc2nc3cccnc3n2CCOCc2ccccc2)CC1.O=C(O)/C=C/C(=O)O. The number of imidazole rings is 1. The predicted octanol–water partition coefficient (Wildman–Crippen LogP) is 2.11. The second-order valence-electron chi connectivity index (χ2n) is 8.15. The van der Waals surface area contributed by atoms with Gasteiger partial charge in [-0.15, -0.1) is 0 Å². The highest BCUT2D eigenvalue weighted by atomic mass is 16.5. The van der Waals surface area contributed by atoms with Crippen molar-refractivity contribution in [2.45, 2.75) is 19.7 Å². The van der Waals surface area contributed by atoms with Crippen LogP contribution in [0.5, 0.6) is 0 Å². The zero-order chi connectivity index (χ0) is 25.0. The van der Waals surface area contributed by atoms with Gasteiger partial charge in [-0.2, -0.15) is 0 Å². The molecule has 35 heavy (non-hydrogen) atoms. The standard InChI is InChI=1S/C21H27N5O.C4H4O4/c1-24-10-12-25(13-11-24)16-20-23-19-8-5-9-22-21(19)26(20)14-15-27-17-18-6-3-2-4-7-18;5-3(6)1-2-4(7)8/h2-9H,10-17H2,1H3;1-2H,(H,5,6)(H,7,8)/b;2-1+. The Morgan fingerprint density at radius 3 is 2.34 bits per heavy atom. The number of fused-ring (bicyclic) bond motifs is 1. The Hall–Kier alpha value is -3.60. The molecule has 0 saturated carbocycles. The molecule has 1 aliphatic rings. The van der Waals surface area contributed by atoms with Gasteiger partial charge in [-0.3, -0.25) is 4.90 Å². The van der Waals surface area contributed by atoms with Crippen molar-refractivity contribution in [3.63, 3.8) is 0 Å². The van der Waals surface area contributed by atoms with Gasteiger partial charge in [-0.1, -0.05) is 30.3 Å². The lowest BCUT2D eigenvalue weighted by Crippen LogP contribution is -2.44. The number of piperazine rings is 1. The molecule has 1 saturated heterocycles. The van der Waals surface area contributed by atoms with E-state index in [1.54, 1.807) is 0 Å². The first kappa shape index (κ1) is 26.0.